The molecule has 0 aliphatic carbocycles. The quantitative estimate of drug-likeness (QED) is 0.600. The highest BCUT2D eigenvalue weighted by Crippen LogP contribution is 2.38. The Balaban J connectivity index is 1.54. The van der Waals surface area contributed by atoms with Crippen LogP contribution in [-0.4, -0.2) is 65.8 Å². The molecule has 1 spiro atoms. The topological polar surface area (TPSA) is 129 Å². The predicted molar refractivity (Wildman–Crippen MR) is 90.9 cm³/mol. The van der Waals surface area contributed by atoms with Gasteiger partial charge in [0.05, 0.1) is 25.3 Å². The highest BCUT2D eigenvalue weighted by molar-refractivity contribution is 5.79. The third kappa shape index (κ3) is 3.09. The highest BCUT2D eigenvalue weighted by atomic mass is 16.6. The summed E-state index contributed by atoms with van der Waals surface area (Å²) in [5.41, 5.74) is 11.7. The minimum atomic E-state index is -0.669. The second kappa shape index (κ2) is 6.30. The van der Waals surface area contributed by atoms with Crippen LogP contribution in [0.3, 0.4) is 0 Å². The van der Waals surface area contributed by atoms with Crippen LogP contribution in [0, 0.1) is 5.92 Å². The molecule has 2 saturated heterocycles. The van der Waals surface area contributed by atoms with Crippen LogP contribution in [0.2, 0.25) is 0 Å². The molecule has 5 N–H and O–H groups in total. The molecule has 1 aromatic heterocycles. The van der Waals surface area contributed by atoms with Crippen LogP contribution in [0.15, 0.2) is 0 Å². The summed E-state index contributed by atoms with van der Waals surface area (Å²) in [6.45, 7) is 3.71. The van der Waals surface area contributed by atoms with Gasteiger partial charge in [-0.15, -0.1) is 0 Å². The summed E-state index contributed by atoms with van der Waals surface area (Å²) >= 11 is 0. The lowest BCUT2D eigenvalue weighted by Crippen LogP contribution is -2.51. The van der Waals surface area contributed by atoms with E-state index in [4.69, 9.17) is 20.9 Å². The number of nitrogens with two attached hydrogens (primary N) is 2. The van der Waals surface area contributed by atoms with Gasteiger partial charge in [0.1, 0.15) is 5.82 Å². The van der Waals surface area contributed by atoms with Gasteiger partial charge in [0.25, 0.3) is 0 Å². The van der Waals surface area contributed by atoms with Gasteiger partial charge in [-0.25, -0.2) is 0 Å². The van der Waals surface area contributed by atoms with E-state index in [2.05, 4.69) is 15.3 Å². The lowest BCUT2D eigenvalue weighted by atomic mass is 9.94. The summed E-state index contributed by atoms with van der Waals surface area (Å²) in [5, 5.41) is 3.30. The van der Waals surface area contributed by atoms with Gasteiger partial charge in [0.2, 0.25) is 17.7 Å². The maximum Gasteiger partial charge on any atom is 0.225 e. The summed E-state index contributed by atoms with van der Waals surface area (Å²) < 4.78 is 11.9. The van der Waals surface area contributed by atoms with Gasteiger partial charge in [-0.3, -0.25) is 4.79 Å². The van der Waals surface area contributed by atoms with E-state index >= 15 is 0 Å². The van der Waals surface area contributed by atoms with E-state index in [1.54, 1.807) is 0 Å². The van der Waals surface area contributed by atoms with E-state index in [1.165, 1.54) is 0 Å². The zero-order chi connectivity index (χ0) is 17.4. The van der Waals surface area contributed by atoms with Gasteiger partial charge < -0.3 is 31.2 Å². The largest absolute Gasteiger partial charge is 0.466 e. The maximum absolute atomic E-state index is 13.0. The van der Waals surface area contributed by atoms with Crippen LogP contribution in [0.25, 0.3) is 0 Å². The molecule has 0 aromatic carbocycles. The van der Waals surface area contributed by atoms with Crippen LogP contribution in [-0.2, 0) is 16.0 Å². The predicted octanol–water partition coefficient (Wildman–Crippen LogP) is -0.827. The van der Waals surface area contributed by atoms with Gasteiger partial charge in [0, 0.05) is 18.9 Å². The molecule has 9 heteroatoms. The van der Waals surface area contributed by atoms with Crippen LogP contribution < -0.4 is 21.5 Å². The number of hydrogen-bond acceptors (Lipinski definition) is 8. The van der Waals surface area contributed by atoms with Gasteiger partial charge in [-0.2, -0.15) is 9.97 Å². The second-order valence-electron chi connectivity index (χ2n) is 7.05. The average molecular weight is 348 g/mol. The Bertz CT molecular complexity index is 678. The van der Waals surface area contributed by atoms with Crippen molar-refractivity contribution in [3.05, 3.63) is 5.56 Å². The number of nitrogens with zero attached hydrogens (tertiary/aromatic N) is 3. The standard InChI is InChI=1S/C16H24N6O3/c17-12-11-7-16(25-13(11)21-15(18)20-12)8-22(5-6-24-9-16)14(23)10-1-3-19-4-2-10/h10,19H,1-9H2,(H4,17,18,20,21). The zero-order valence-electron chi connectivity index (χ0n) is 14.2. The molecular formula is C16H24N6O3. The van der Waals surface area contributed by atoms with Crippen molar-refractivity contribution in [3.8, 4) is 5.88 Å². The molecule has 2 fully saturated rings. The molecule has 4 heterocycles. The molecule has 4 rings (SSSR count). The molecule has 1 atom stereocenters. The van der Waals surface area contributed by atoms with Crippen LogP contribution in [0.5, 0.6) is 5.88 Å². The first-order chi connectivity index (χ1) is 12.1. The van der Waals surface area contributed by atoms with Gasteiger partial charge in [-0.1, -0.05) is 0 Å². The molecular weight excluding hydrogens is 324 g/mol. The number of amides is 1. The number of rotatable bonds is 1. The average Bonchev–Trinajstić information content (AvgIpc) is 2.83. The van der Waals surface area contributed by atoms with Crippen molar-refractivity contribution in [2.24, 2.45) is 5.92 Å². The highest BCUT2D eigenvalue weighted by Gasteiger charge is 2.46. The fourth-order valence-electron chi connectivity index (χ4n) is 3.90. The summed E-state index contributed by atoms with van der Waals surface area (Å²) in [7, 11) is 0. The van der Waals surface area contributed by atoms with Crippen molar-refractivity contribution >= 4 is 17.7 Å². The molecule has 136 valence electrons. The molecule has 0 saturated carbocycles. The van der Waals surface area contributed by atoms with Crippen molar-refractivity contribution < 1.29 is 14.3 Å². The Morgan fingerprint density at radius 3 is 2.88 bits per heavy atom. The Kier molecular flexibility index (Phi) is 4.12. The lowest BCUT2D eigenvalue weighted by molar-refractivity contribution is -0.138. The number of piperidine rings is 1. The third-order valence-electron chi connectivity index (χ3n) is 5.18. The number of anilines is 2. The normalized spacial score (nSPS) is 27.0. The molecule has 3 aliphatic rings. The van der Waals surface area contributed by atoms with Crippen molar-refractivity contribution in [2.75, 3.05) is 50.9 Å². The minimum absolute atomic E-state index is 0.0701. The van der Waals surface area contributed by atoms with Crippen molar-refractivity contribution in [3.63, 3.8) is 0 Å². The van der Waals surface area contributed by atoms with E-state index in [0.717, 1.165) is 31.5 Å². The molecule has 0 radical (unpaired) electrons. The SMILES string of the molecule is Nc1nc(N)c2c(n1)OC1(COCCN(C(=O)C3CCNCC3)C1)C2. The molecule has 1 amide bonds. The van der Waals surface area contributed by atoms with Crippen LogP contribution in [0.1, 0.15) is 18.4 Å². The molecule has 3 aliphatic heterocycles. The Morgan fingerprint density at radius 1 is 1.28 bits per heavy atom. The number of carbonyl (C=O) groups excluding carboxylic acids is 1. The number of ether oxygens (including phenoxy) is 2. The van der Waals surface area contributed by atoms with Crippen LogP contribution in [0.4, 0.5) is 11.8 Å². The van der Waals surface area contributed by atoms with Gasteiger partial charge in [-0.05, 0) is 25.9 Å². The molecule has 1 unspecified atom stereocenters. The fourth-order valence-corrected chi connectivity index (χ4v) is 3.90. The van der Waals surface area contributed by atoms with E-state index in [1.807, 2.05) is 4.90 Å². The smallest absolute Gasteiger partial charge is 0.225 e. The maximum atomic E-state index is 13.0. The van der Waals surface area contributed by atoms with E-state index in [9.17, 15) is 4.79 Å². The first-order valence-corrected chi connectivity index (χ1v) is 8.74. The van der Waals surface area contributed by atoms with Crippen LogP contribution >= 0.6 is 0 Å². The number of nitrogen functional groups attached to an aromatic ring is 2. The Labute approximate surface area is 146 Å². The summed E-state index contributed by atoms with van der Waals surface area (Å²) in [4.78, 5) is 23.0. The molecule has 9 nitrogen and oxygen atoms in total. The Morgan fingerprint density at radius 2 is 2.08 bits per heavy atom. The molecule has 0 bridgehead atoms. The number of aromatic nitrogens is 2. The van der Waals surface area contributed by atoms with E-state index in [-0.39, 0.29) is 17.8 Å². The zero-order valence-corrected chi connectivity index (χ0v) is 14.2. The number of hydrogen-bond donors (Lipinski definition) is 3. The first kappa shape index (κ1) is 16.3. The van der Waals surface area contributed by atoms with Gasteiger partial charge >= 0.3 is 0 Å². The lowest BCUT2D eigenvalue weighted by Gasteiger charge is -2.33. The van der Waals surface area contributed by atoms with E-state index < -0.39 is 5.60 Å². The van der Waals surface area contributed by atoms with Gasteiger partial charge in [0.15, 0.2) is 5.60 Å². The molecule has 25 heavy (non-hydrogen) atoms. The first-order valence-electron chi connectivity index (χ1n) is 8.74. The summed E-state index contributed by atoms with van der Waals surface area (Å²) in [6, 6.07) is 0. The molecule has 1 aromatic rings. The fraction of sp³-hybridized carbons (Fsp3) is 0.688. The summed E-state index contributed by atoms with van der Waals surface area (Å²) in [5.74, 6) is 1.08. The van der Waals surface area contributed by atoms with Crippen molar-refractivity contribution in [1.29, 1.82) is 0 Å². The number of fused-ring (bicyclic) bond motifs is 1. The minimum Gasteiger partial charge on any atom is -0.466 e. The second-order valence-corrected chi connectivity index (χ2v) is 7.05. The third-order valence-corrected chi connectivity index (χ3v) is 5.18. The number of nitrogens with one attached hydrogen (secondary N) is 1. The van der Waals surface area contributed by atoms with E-state index in [0.29, 0.717) is 44.4 Å². The monoisotopic (exact) mass is 348 g/mol. The number of carbonyl (C=O) groups is 1. The summed E-state index contributed by atoms with van der Waals surface area (Å²) in [6.07, 6.45) is 2.27. The van der Waals surface area contributed by atoms with Crippen molar-refractivity contribution in [2.45, 2.75) is 24.9 Å². The van der Waals surface area contributed by atoms with Crippen molar-refractivity contribution in [1.82, 2.24) is 20.2 Å². The Hall–Kier alpha value is -2.13.